The molecule has 1 unspecified atom stereocenters. The number of rotatable bonds is 4. The molecule has 1 aromatic heterocycles. The lowest BCUT2D eigenvalue weighted by Gasteiger charge is -2.24. The molecule has 0 amide bonds. The van der Waals surface area contributed by atoms with Crippen molar-refractivity contribution in [1.82, 2.24) is 5.32 Å². The Morgan fingerprint density at radius 1 is 1.45 bits per heavy atom. The van der Waals surface area contributed by atoms with E-state index in [-0.39, 0.29) is 11.2 Å². The van der Waals surface area contributed by atoms with E-state index in [1.165, 1.54) is 0 Å². The number of benzene rings is 1. The minimum Gasteiger partial charge on any atom is -0.453 e. The van der Waals surface area contributed by atoms with Crippen molar-refractivity contribution in [1.29, 1.82) is 0 Å². The first-order valence-electron chi connectivity index (χ1n) is 7.09. The summed E-state index contributed by atoms with van der Waals surface area (Å²) in [4.78, 5) is 12.8. The van der Waals surface area contributed by atoms with Crippen molar-refractivity contribution in [2.24, 2.45) is 5.41 Å². The van der Waals surface area contributed by atoms with Gasteiger partial charge in [0.1, 0.15) is 5.58 Å². The van der Waals surface area contributed by atoms with Gasteiger partial charge in [-0.3, -0.25) is 4.79 Å². The SMILES string of the molecule is CCCC1(C(=O)c2cc3cc(Cl)ccc3o2)CCNC1. The number of carbonyl (C=O) groups is 1. The van der Waals surface area contributed by atoms with E-state index in [2.05, 4.69) is 12.2 Å². The van der Waals surface area contributed by atoms with Crippen LogP contribution in [-0.2, 0) is 0 Å². The summed E-state index contributed by atoms with van der Waals surface area (Å²) in [5.41, 5.74) is 0.419. The summed E-state index contributed by atoms with van der Waals surface area (Å²) < 4.78 is 5.73. The van der Waals surface area contributed by atoms with Crippen molar-refractivity contribution >= 4 is 28.4 Å². The molecule has 3 nitrogen and oxygen atoms in total. The van der Waals surface area contributed by atoms with Crippen molar-refractivity contribution in [3.05, 3.63) is 35.0 Å². The lowest BCUT2D eigenvalue weighted by molar-refractivity contribution is 0.0773. The van der Waals surface area contributed by atoms with Crippen LogP contribution in [-0.4, -0.2) is 18.9 Å². The molecule has 1 fully saturated rings. The average Bonchev–Trinajstić information content (AvgIpc) is 3.05. The molecule has 106 valence electrons. The zero-order valence-electron chi connectivity index (χ0n) is 11.5. The summed E-state index contributed by atoms with van der Waals surface area (Å²) in [7, 11) is 0. The van der Waals surface area contributed by atoms with Gasteiger partial charge in [0.2, 0.25) is 5.78 Å². The molecule has 2 aromatic rings. The number of furan rings is 1. The van der Waals surface area contributed by atoms with Gasteiger partial charge in [0.25, 0.3) is 0 Å². The molecule has 20 heavy (non-hydrogen) atoms. The molecule has 1 atom stereocenters. The quantitative estimate of drug-likeness (QED) is 0.864. The second-order valence-electron chi connectivity index (χ2n) is 5.58. The number of hydrogen-bond acceptors (Lipinski definition) is 3. The molecule has 1 aliphatic heterocycles. The Bertz CT molecular complexity index is 641. The van der Waals surface area contributed by atoms with Gasteiger partial charge in [0, 0.05) is 17.0 Å². The number of ketones is 1. The summed E-state index contributed by atoms with van der Waals surface area (Å²) in [6.45, 7) is 3.76. The zero-order chi connectivity index (χ0) is 14.2. The Morgan fingerprint density at radius 3 is 3.00 bits per heavy atom. The van der Waals surface area contributed by atoms with Crippen molar-refractivity contribution in [2.75, 3.05) is 13.1 Å². The predicted octanol–water partition coefficient (Wildman–Crippen LogP) is 4.05. The number of Topliss-reactive ketones (excluding diaryl/α,β-unsaturated/α-hetero) is 1. The molecule has 3 rings (SSSR count). The molecule has 0 spiro atoms. The minimum absolute atomic E-state index is 0.122. The van der Waals surface area contributed by atoms with Crippen LogP contribution in [0.25, 0.3) is 11.0 Å². The third-order valence-electron chi connectivity index (χ3n) is 4.16. The number of hydrogen-bond donors (Lipinski definition) is 1. The minimum atomic E-state index is -0.299. The molecule has 2 heterocycles. The highest BCUT2D eigenvalue weighted by molar-refractivity contribution is 6.31. The van der Waals surface area contributed by atoms with Gasteiger partial charge < -0.3 is 9.73 Å². The maximum Gasteiger partial charge on any atom is 0.205 e. The van der Waals surface area contributed by atoms with E-state index in [9.17, 15) is 4.79 Å². The Balaban J connectivity index is 1.98. The van der Waals surface area contributed by atoms with Crippen LogP contribution in [0, 0.1) is 5.41 Å². The van der Waals surface area contributed by atoms with E-state index in [4.69, 9.17) is 16.0 Å². The number of carbonyl (C=O) groups excluding carboxylic acids is 1. The highest BCUT2D eigenvalue weighted by Gasteiger charge is 2.42. The second kappa shape index (κ2) is 5.23. The van der Waals surface area contributed by atoms with Gasteiger partial charge in [0.15, 0.2) is 5.76 Å². The Morgan fingerprint density at radius 2 is 2.30 bits per heavy atom. The van der Waals surface area contributed by atoms with Gasteiger partial charge >= 0.3 is 0 Å². The molecule has 4 heteroatoms. The van der Waals surface area contributed by atoms with Crippen LogP contribution in [0.1, 0.15) is 36.7 Å². The maximum atomic E-state index is 12.8. The molecule has 1 aliphatic rings. The van der Waals surface area contributed by atoms with Gasteiger partial charge in [0.05, 0.1) is 5.41 Å². The van der Waals surface area contributed by atoms with Gasteiger partial charge in [-0.05, 0) is 43.7 Å². The van der Waals surface area contributed by atoms with Crippen LogP contribution in [0.3, 0.4) is 0 Å². The van der Waals surface area contributed by atoms with Gasteiger partial charge in [-0.2, -0.15) is 0 Å². The first kappa shape index (κ1) is 13.7. The topological polar surface area (TPSA) is 42.2 Å². The zero-order valence-corrected chi connectivity index (χ0v) is 12.3. The molecule has 1 aromatic carbocycles. The molecule has 0 aliphatic carbocycles. The van der Waals surface area contributed by atoms with E-state index in [0.717, 1.165) is 43.3 Å². The predicted molar refractivity (Wildman–Crippen MR) is 80.4 cm³/mol. The molecular weight excluding hydrogens is 274 g/mol. The fourth-order valence-electron chi connectivity index (χ4n) is 3.13. The van der Waals surface area contributed by atoms with Crippen LogP contribution in [0.4, 0.5) is 0 Å². The van der Waals surface area contributed by atoms with Crippen molar-refractivity contribution < 1.29 is 9.21 Å². The number of halogens is 1. The summed E-state index contributed by atoms with van der Waals surface area (Å²) in [6, 6.07) is 7.24. The van der Waals surface area contributed by atoms with Crippen LogP contribution >= 0.6 is 11.6 Å². The van der Waals surface area contributed by atoms with E-state index < -0.39 is 0 Å². The third kappa shape index (κ3) is 2.25. The highest BCUT2D eigenvalue weighted by Crippen LogP contribution is 2.36. The maximum absolute atomic E-state index is 12.8. The first-order valence-corrected chi connectivity index (χ1v) is 7.47. The molecule has 0 saturated carbocycles. The van der Waals surface area contributed by atoms with Gasteiger partial charge in [-0.25, -0.2) is 0 Å². The fourth-order valence-corrected chi connectivity index (χ4v) is 3.31. The number of nitrogens with one attached hydrogen (secondary N) is 1. The highest BCUT2D eigenvalue weighted by atomic mass is 35.5. The van der Waals surface area contributed by atoms with Gasteiger partial charge in [-0.1, -0.05) is 24.9 Å². The van der Waals surface area contributed by atoms with E-state index in [0.29, 0.717) is 10.8 Å². The average molecular weight is 292 g/mol. The normalized spacial score (nSPS) is 22.5. The smallest absolute Gasteiger partial charge is 0.205 e. The second-order valence-corrected chi connectivity index (χ2v) is 6.02. The lowest BCUT2D eigenvalue weighted by atomic mass is 9.77. The van der Waals surface area contributed by atoms with Crippen LogP contribution in [0.5, 0.6) is 0 Å². The van der Waals surface area contributed by atoms with Crippen LogP contribution in [0.2, 0.25) is 5.02 Å². The van der Waals surface area contributed by atoms with E-state index in [1.807, 2.05) is 18.2 Å². The molecule has 0 bridgehead atoms. The Kier molecular flexibility index (Phi) is 3.57. The Labute approximate surface area is 123 Å². The van der Waals surface area contributed by atoms with Crippen molar-refractivity contribution in [3.8, 4) is 0 Å². The van der Waals surface area contributed by atoms with Crippen molar-refractivity contribution in [3.63, 3.8) is 0 Å². The molecule has 1 saturated heterocycles. The lowest BCUT2D eigenvalue weighted by Crippen LogP contribution is -2.33. The Hall–Kier alpha value is -1.32. The van der Waals surface area contributed by atoms with E-state index in [1.54, 1.807) is 6.07 Å². The molecular formula is C16H18ClNO2. The molecule has 1 N–H and O–H groups in total. The van der Waals surface area contributed by atoms with Crippen LogP contribution in [0.15, 0.2) is 28.7 Å². The van der Waals surface area contributed by atoms with E-state index >= 15 is 0 Å². The first-order chi connectivity index (χ1) is 9.64. The summed E-state index contributed by atoms with van der Waals surface area (Å²) >= 11 is 5.98. The largest absolute Gasteiger partial charge is 0.453 e. The summed E-state index contributed by atoms with van der Waals surface area (Å²) in [5, 5.41) is 4.85. The summed E-state index contributed by atoms with van der Waals surface area (Å²) in [6.07, 6.45) is 2.79. The summed E-state index contributed by atoms with van der Waals surface area (Å²) in [5.74, 6) is 0.580. The standard InChI is InChI=1S/C16H18ClNO2/c1-2-5-16(6-7-18-10-16)15(19)14-9-11-8-12(17)3-4-13(11)20-14/h3-4,8-9,18H,2,5-7,10H2,1H3. The fraction of sp³-hybridized carbons (Fsp3) is 0.438. The van der Waals surface area contributed by atoms with Crippen molar-refractivity contribution in [2.45, 2.75) is 26.2 Å². The van der Waals surface area contributed by atoms with Crippen LogP contribution < -0.4 is 5.32 Å². The monoisotopic (exact) mass is 291 g/mol. The number of fused-ring (bicyclic) bond motifs is 1. The third-order valence-corrected chi connectivity index (χ3v) is 4.39. The van der Waals surface area contributed by atoms with Gasteiger partial charge in [-0.15, -0.1) is 0 Å². The molecule has 0 radical (unpaired) electrons.